The van der Waals surface area contributed by atoms with Gasteiger partial charge in [0.2, 0.25) is 0 Å². The van der Waals surface area contributed by atoms with E-state index in [1.165, 1.54) is 6.21 Å². The lowest BCUT2D eigenvalue weighted by molar-refractivity contribution is -0.121. The molecule has 4 rings (SSSR count). The molecule has 0 fully saturated rings. The molecule has 0 saturated heterocycles. The van der Waals surface area contributed by atoms with Gasteiger partial charge in [-0.1, -0.05) is 48.5 Å². The van der Waals surface area contributed by atoms with E-state index in [1.807, 2.05) is 42.5 Å². The van der Waals surface area contributed by atoms with Gasteiger partial charge in [-0.2, -0.15) is 10.2 Å². The number of hydrogen-bond acceptors (Lipinski definition) is 6. The van der Waals surface area contributed by atoms with Crippen molar-refractivity contribution in [3.63, 3.8) is 0 Å². The average molecular weight is 442 g/mol. The summed E-state index contributed by atoms with van der Waals surface area (Å²) in [4.78, 5) is 25.4. The van der Waals surface area contributed by atoms with E-state index in [4.69, 9.17) is 9.47 Å². The van der Waals surface area contributed by atoms with Gasteiger partial charge in [0, 0.05) is 10.9 Å². The van der Waals surface area contributed by atoms with E-state index >= 15 is 0 Å². The van der Waals surface area contributed by atoms with Crippen molar-refractivity contribution in [1.82, 2.24) is 15.2 Å². The number of aromatic nitrogens is 2. The topological polar surface area (TPSA) is 94.8 Å². The van der Waals surface area contributed by atoms with Crippen molar-refractivity contribution in [2.45, 2.75) is 6.54 Å². The van der Waals surface area contributed by atoms with Crippen molar-refractivity contribution in [3.8, 4) is 22.8 Å². The zero-order valence-corrected chi connectivity index (χ0v) is 18.2. The number of nitrogens with zero attached hydrogens (tertiary/aromatic N) is 3. The zero-order valence-electron chi connectivity index (χ0n) is 18.2. The molecule has 0 aliphatic heterocycles. The van der Waals surface area contributed by atoms with Crippen molar-refractivity contribution in [2.24, 2.45) is 5.10 Å². The van der Waals surface area contributed by atoms with Crippen molar-refractivity contribution in [1.29, 1.82) is 0 Å². The molecule has 1 aromatic heterocycles. The van der Waals surface area contributed by atoms with Gasteiger partial charge >= 0.3 is 0 Å². The van der Waals surface area contributed by atoms with Crippen LogP contribution in [0.15, 0.2) is 82.7 Å². The Kier molecular flexibility index (Phi) is 6.45. The van der Waals surface area contributed by atoms with Crippen LogP contribution in [-0.4, -0.2) is 36.1 Å². The molecule has 4 aromatic rings. The highest BCUT2D eigenvalue weighted by atomic mass is 16.5. The van der Waals surface area contributed by atoms with Crippen LogP contribution < -0.4 is 20.5 Å². The summed E-state index contributed by atoms with van der Waals surface area (Å²) >= 11 is 0. The van der Waals surface area contributed by atoms with Gasteiger partial charge in [0.1, 0.15) is 6.54 Å². The van der Waals surface area contributed by atoms with Crippen LogP contribution in [0.2, 0.25) is 0 Å². The van der Waals surface area contributed by atoms with E-state index in [0.717, 1.165) is 15.6 Å². The number of amides is 1. The summed E-state index contributed by atoms with van der Waals surface area (Å²) in [6.07, 6.45) is 1.48. The van der Waals surface area contributed by atoms with Crippen LogP contribution in [0.5, 0.6) is 11.5 Å². The normalized spacial score (nSPS) is 11.0. The van der Waals surface area contributed by atoms with Crippen molar-refractivity contribution < 1.29 is 14.3 Å². The fourth-order valence-electron chi connectivity index (χ4n) is 3.43. The monoisotopic (exact) mass is 442 g/mol. The van der Waals surface area contributed by atoms with E-state index in [0.29, 0.717) is 28.1 Å². The first-order chi connectivity index (χ1) is 16.1. The molecule has 0 spiro atoms. The third-order valence-corrected chi connectivity index (χ3v) is 5.02. The Balaban J connectivity index is 1.57. The largest absolute Gasteiger partial charge is 0.493 e. The predicted molar refractivity (Wildman–Crippen MR) is 127 cm³/mol. The lowest BCUT2D eigenvalue weighted by Gasteiger charge is -2.10. The molecule has 0 bridgehead atoms. The summed E-state index contributed by atoms with van der Waals surface area (Å²) < 4.78 is 11.6. The fourth-order valence-corrected chi connectivity index (χ4v) is 3.43. The Morgan fingerprint density at radius 3 is 2.39 bits per heavy atom. The molecular formula is C25H22N4O4. The highest BCUT2D eigenvalue weighted by Crippen LogP contribution is 2.27. The van der Waals surface area contributed by atoms with Crippen LogP contribution in [0, 0.1) is 0 Å². The van der Waals surface area contributed by atoms with E-state index in [2.05, 4.69) is 15.6 Å². The molecule has 1 N–H and O–H groups in total. The maximum atomic E-state index is 12.9. The van der Waals surface area contributed by atoms with Crippen LogP contribution >= 0.6 is 0 Å². The lowest BCUT2D eigenvalue weighted by Crippen LogP contribution is -2.32. The zero-order chi connectivity index (χ0) is 23.2. The summed E-state index contributed by atoms with van der Waals surface area (Å²) in [5.41, 5.74) is 4.29. The summed E-state index contributed by atoms with van der Waals surface area (Å²) in [5.74, 6) is 0.665. The minimum atomic E-state index is -0.476. The van der Waals surface area contributed by atoms with Crippen LogP contribution in [0.25, 0.3) is 22.0 Å². The SMILES string of the molecule is COc1ccc(/C=N/NC(=O)Cn2nc(-c3ccccc3)c3ccccc3c2=O)cc1OC. The molecule has 33 heavy (non-hydrogen) atoms. The Morgan fingerprint density at radius 2 is 1.67 bits per heavy atom. The molecule has 1 amide bonds. The quantitative estimate of drug-likeness (QED) is 0.350. The van der Waals surface area contributed by atoms with Crippen molar-refractivity contribution in [3.05, 3.63) is 88.7 Å². The number of ether oxygens (including phenoxy) is 2. The van der Waals surface area contributed by atoms with E-state index < -0.39 is 5.91 Å². The Hall–Kier alpha value is -4.46. The molecule has 8 heteroatoms. The molecule has 0 saturated carbocycles. The molecule has 1 heterocycles. The number of methoxy groups -OCH3 is 2. The second-order valence-corrected chi connectivity index (χ2v) is 7.13. The third kappa shape index (κ3) is 4.74. The van der Waals surface area contributed by atoms with Gasteiger partial charge in [0.25, 0.3) is 11.5 Å². The molecule has 0 aliphatic rings. The summed E-state index contributed by atoms with van der Waals surface area (Å²) in [7, 11) is 3.09. The molecular weight excluding hydrogens is 420 g/mol. The summed E-state index contributed by atoms with van der Waals surface area (Å²) in [5, 5.41) is 9.68. The van der Waals surface area contributed by atoms with Gasteiger partial charge in [-0.15, -0.1) is 0 Å². The van der Waals surface area contributed by atoms with E-state index in [9.17, 15) is 9.59 Å². The van der Waals surface area contributed by atoms with E-state index in [-0.39, 0.29) is 12.1 Å². The molecule has 0 unspecified atom stereocenters. The number of benzene rings is 3. The lowest BCUT2D eigenvalue weighted by atomic mass is 10.1. The van der Waals surface area contributed by atoms with Gasteiger partial charge in [0.15, 0.2) is 11.5 Å². The highest BCUT2D eigenvalue weighted by Gasteiger charge is 2.14. The second-order valence-electron chi connectivity index (χ2n) is 7.13. The Labute approximate surface area is 190 Å². The number of carbonyl (C=O) groups is 1. The minimum Gasteiger partial charge on any atom is -0.493 e. The highest BCUT2D eigenvalue weighted by molar-refractivity contribution is 5.94. The predicted octanol–water partition coefficient (Wildman–Crippen LogP) is 3.23. The Bertz CT molecular complexity index is 1380. The molecule has 0 atom stereocenters. The molecule has 8 nitrogen and oxygen atoms in total. The van der Waals surface area contributed by atoms with Gasteiger partial charge < -0.3 is 9.47 Å². The second kappa shape index (κ2) is 9.78. The van der Waals surface area contributed by atoms with Crippen LogP contribution in [0.4, 0.5) is 0 Å². The summed E-state index contributed by atoms with van der Waals surface area (Å²) in [6.45, 7) is -0.271. The molecule has 166 valence electrons. The average Bonchev–Trinajstić information content (AvgIpc) is 2.86. The van der Waals surface area contributed by atoms with Gasteiger partial charge in [-0.3, -0.25) is 9.59 Å². The standard InChI is InChI=1S/C25H22N4O4/c1-32-21-13-12-17(14-22(21)33-2)15-26-27-23(30)16-29-25(31)20-11-7-6-10-19(20)24(28-29)18-8-4-3-5-9-18/h3-15H,16H2,1-2H3,(H,27,30)/b26-15+. The fraction of sp³-hybridized carbons (Fsp3) is 0.120. The van der Waals surface area contributed by atoms with E-state index in [1.54, 1.807) is 44.6 Å². The molecule has 3 aromatic carbocycles. The number of nitrogens with one attached hydrogen (secondary N) is 1. The number of carbonyl (C=O) groups excluding carboxylic acids is 1. The first-order valence-corrected chi connectivity index (χ1v) is 10.2. The maximum absolute atomic E-state index is 12.9. The third-order valence-electron chi connectivity index (χ3n) is 5.02. The van der Waals surface area contributed by atoms with Crippen molar-refractivity contribution in [2.75, 3.05) is 14.2 Å². The molecule has 0 aliphatic carbocycles. The smallest absolute Gasteiger partial charge is 0.275 e. The van der Waals surface area contributed by atoms with Crippen LogP contribution in [0.3, 0.4) is 0 Å². The minimum absolute atomic E-state index is 0.271. The number of hydrazone groups is 1. The summed E-state index contributed by atoms with van der Waals surface area (Å²) in [6, 6.07) is 22.0. The number of rotatable bonds is 7. The first-order valence-electron chi connectivity index (χ1n) is 10.2. The van der Waals surface area contributed by atoms with Gasteiger partial charge in [-0.05, 0) is 29.8 Å². The number of hydrogen-bond donors (Lipinski definition) is 1. The van der Waals surface area contributed by atoms with Gasteiger partial charge in [-0.25, -0.2) is 10.1 Å². The van der Waals surface area contributed by atoms with Crippen LogP contribution in [-0.2, 0) is 11.3 Å². The van der Waals surface area contributed by atoms with Crippen molar-refractivity contribution >= 4 is 22.9 Å². The molecule has 0 radical (unpaired) electrons. The van der Waals surface area contributed by atoms with Gasteiger partial charge in [0.05, 0.1) is 31.5 Å². The van der Waals surface area contributed by atoms with Crippen LogP contribution in [0.1, 0.15) is 5.56 Å². The number of fused-ring (bicyclic) bond motifs is 1. The Morgan fingerprint density at radius 1 is 0.970 bits per heavy atom. The maximum Gasteiger partial charge on any atom is 0.275 e. The first kappa shape index (κ1) is 21.8.